The van der Waals surface area contributed by atoms with Crippen LogP contribution in [-0.4, -0.2) is 12.3 Å². The summed E-state index contributed by atoms with van der Waals surface area (Å²) in [7, 11) is 0.301. The van der Waals surface area contributed by atoms with E-state index < -0.39 is 0 Å². The van der Waals surface area contributed by atoms with Crippen molar-refractivity contribution in [1.29, 1.82) is 0 Å². The molecule has 2 aromatic rings. The van der Waals surface area contributed by atoms with Crippen molar-refractivity contribution in [2.75, 3.05) is 12.3 Å². The van der Waals surface area contributed by atoms with Gasteiger partial charge in [0, 0.05) is 0 Å². The number of fused-ring (bicyclic) bond motifs is 2. The summed E-state index contributed by atoms with van der Waals surface area (Å²) in [5.41, 5.74) is 1.61. The van der Waals surface area contributed by atoms with Crippen molar-refractivity contribution in [1.82, 2.24) is 0 Å². The fraction of sp³-hybridized carbons (Fsp3) is 0.235. The van der Waals surface area contributed by atoms with Crippen molar-refractivity contribution in [3.05, 3.63) is 65.5 Å². The molecule has 1 unspecified atom stereocenters. The Labute approximate surface area is 155 Å². The second-order valence-electron chi connectivity index (χ2n) is 4.63. The van der Waals surface area contributed by atoms with Gasteiger partial charge in [0.15, 0.2) is 0 Å². The zero-order chi connectivity index (χ0) is 12.4. The van der Waals surface area contributed by atoms with Crippen LogP contribution in [0.25, 0.3) is 10.8 Å². The van der Waals surface area contributed by atoms with Crippen LogP contribution < -0.4 is 24.8 Å². The van der Waals surface area contributed by atoms with Gasteiger partial charge in [-0.3, -0.25) is 6.08 Å². The van der Waals surface area contributed by atoms with Gasteiger partial charge >= 0.3 is 21.7 Å². The van der Waals surface area contributed by atoms with Crippen LogP contribution in [0.1, 0.15) is 13.3 Å². The topological polar surface area (TPSA) is 0 Å². The molecule has 4 heteroatoms. The molecular formula is C17H17Cl2PTi. The molecule has 0 N–H and O–H groups in total. The maximum Gasteiger partial charge on any atom is 4.00 e. The minimum absolute atomic E-state index is 0. The summed E-state index contributed by atoms with van der Waals surface area (Å²) in [6.07, 6.45) is 9.60. The molecule has 2 aliphatic rings. The molecule has 1 heterocycles. The molecule has 0 aromatic heterocycles. The fourth-order valence-corrected chi connectivity index (χ4v) is 4.49. The molecule has 2 aromatic carbocycles. The van der Waals surface area contributed by atoms with Crippen molar-refractivity contribution >= 4 is 18.7 Å². The van der Waals surface area contributed by atoms with Crippen LogP contribution >= 0.6 is 7.92 Å². The molecule has 0 nitrogen and oxygen atoms in total. The number of benzene rings is 1. The van der Waals surface area contributed by atoms with E-state index in [0.29, 0.717) is 7.92 Å². The van der Waals surface area contributed by atoms with Crippen LogP contribution in [0.3, 0.4) is 0 Å². The van der Waals surface area contributed by atoms with E-state index in [9.17, 15) is 0 Å². The Balaban J connectivity index is 0.000000333. The predicted octanol–water partition coefficient (Wildman–Crippen LogP) is -0.917. The molecule has 4 rings (SSSR count). The van der Waals surface area contributed by atoms with E-state index in [4.69, 9.17) is 0 Å². The maximum atomic E-state index is 3.41. The Morgan fingerprint density at radius 2 is 1.95 bits per heavy atom. The quantitative estimate of drug-likeness (QED) is 0.346. The summed E-state index contributed by atoms with van der Waals surface area (Å²) in [4.78, 5) is 0. The van der Waals surface area contributed by atoms with Crippen LogP contribution in [-0.2, 0) is 21.7 Å². The SMILES string of the molecule is CCP1CC2=CC[C-]=C21.[Cl-].[Cl-].[Ti+4].c1ccc2[cH-]ccc2c1. The fourth-order valence-electron chi connectivity index (χ4n) is 2.47. The molecule has 1 fully saturated rings. The maximum absolute atomic E-state index is 3.41. The van der Waals surface area contributed by atoms with Gasteiger partial charge in [0.1, 0.15) is 0 Å². The van der Waals surface area contributed by atoms with Crippen molar-refractivity contribution in [3.8, 4) is 0 Å². The Bertz CT molecular complexity index is 586. The van der Waals surface area contributed by atoms with E-state index in [1.54, 1.807) is 10.9 Å². The molecule has 0 spiro atoms. The van der Waals surface area contributed by atoms with Crippen LogP contribution in [0.5, 0.6) is 0 Å². The van der Waals surface area contributed by atoms with Gasteiger partial charge in [0.25, 0.3) is 0 Å². The number of halogens is 2. The summed E-state index contributed by atoms with van der Waals surface area (Å²) in [6, 6.07) is 14.7. The Hall–Kier alpha value is 0.0343. The largest absolute Gasteiger partial charge is 4.00 e. The van der Waals surface area contributed by atoms with Crippen LogP contribution in [0.2, 0.25) is 0 Å². The van der Waals surface area contributed by atoms with E-state index in [2.05, 4.69) is 61.5 Å². The van der Waals surface area contributed by atoms with Gasteiger partial charge in [0.05, 0.1) is 0 Å². The third kappa shape index (κ3) is 4.75. The van der Waals surface area contributed by atoms with Crippen LogP contribution in [0.15, 0.2) is 59.4 Å². The van der Waals surface area contributed by atoms with Gasteiger partial charge in [-0.05, 0) is 6.16 Å². The van der Waals surface area contributed by atoms with E-state index >= 15 is 0 Å². The Morgan fingerprint density at radius 1 is 1.19 bits per heavy atom. The van der Waals surface area contributed by atoms with Crippen molar-refractivity contribution in [2.24, 2.45) is 0 Å². The third-order valence-corrected chi connectivity index (χ3v) is 6.09. The molecule has 0 saturated carbocycles. The van der Waals surface area contributed by atoms with Crippen molar-refractivity contribution in [3.63, 3.8) is 0 Å². The molecule has 0 amide bonds. The van der Waals surface area contributed by atoms with Gasteiger partial charge in [-0.2, -0.15) is 34.5 Å². The van der Waals surface area contributed by atoms with E-state index in [0.717, 1.165) is 6.42 Å². The average Bonchev–Trinajstić information content (AvgIpc) is 2.98. The van der Waals surface area contributed by atoms with Gasteiger partial charge in [-0.15, -0.1) is 44.0 Å². The second kappa shape index (κ2) is 9.93. The first kappa shape index (κ1) is 21.0. The van der Waals surface area contributed by atoms with Crippen molar-refractivity contribution in [2.45, 2.75) is 13.3 Å². The molecule has 108 valence electrons. The zero-order valence-corrected chi connectivity index (χ0v) is 15.9. The van der Waals surface area contributed by atoms with Crippen LogP contribution in [0.4, 0.5) is 0 Å². The summed E-state index contributed by atoms with van der Waals surface area (Å²) in [5.74, 6) is 0. The normalized spacial score (nSPS) is 17.5. The first-order chi connectivity index (χ1) is 8.88. The number of rotatable bonds is 1. The monoisotopic (exact) mass is 370 g/mol. The first-order valence-electron chi connectivity index (χ1n) is 6.54. The predicted molar refractivity (Wildman–Crippen MR) is 81.3 cm³/mol. The minimum Gasteiger partial charge on any atom is -1.00 e. The molecule has 1 aliphatic heterocycles. The first-order valence-corrected chi connectivity index (χ1v) is 8.25. The number of allylic oxidation sites excluding steroid dienone is 4. The number of hydrogen-bond donors (Lipinski definition) is 0. The summed E-state index contributed by atoms with van der Waals surface area (Å²) < 4.78 is 0. The van der Waals surface area contributed by atoms with Gasteiger partial charge in [-0.25, -0.2) is 0 Å². The smallest absolute Gasteiger partial charge is 1.00 e. The average molecular weight is 371 g/mol. The van der Waals surface area contributed by atoms with Gasteiger partial charge in [0.2, 0.25) is 0 Å². The van der Waals surface area contributed by atoms with Crippen LogP contribution in [0, 0.1) is 6.08 Å². The van der Waals surface area contributed by atoms with Crippen molar-refractivity contribution < 1.29 is 46.5 Å². The molecule has 1 atom stereocenters. The Kier molecular flexibility index (Phi) is 9.95. The molecule has 0 radical (unpaired) electrons. The van der Waals surface area contributed by atoms with Gasteiger partial charge < -0.3 is 24.8 Å². The Morgan fingerprint density at radius 3 is 2.62 bits per heavy atom. The summed E-state index contributed by atoms with van der Waals surface area (Å²) >= 11 is 0. The van der Waals surface area contributed by atoms with E-state index in [-0.39, 0.29) is 46.5 Å². The number of hydrogen-bond acceptors (Lipinski definition) is 0. The minimum atomic E-state index is 0. The summed E-state index contributed by atoms with van der Waals surface area (Å²) in [5, 5.41) is 4.27. The van der Waals surface area contributed by atoms with E-state index in [1.807, 2.05) is 0 Å². The van der Waals surface area contributed by atoms with Gasteiger partial charge in [-0.1, -0.05) is 19.2 Å². The zero-order valence-electron chi connectivity index (χ0n) is 11.9. The van der Waals surface area contributed by atoms with E-state index in [1.165, 1.54) is 23.1 Å². The summed E-state index contributed by atoms with van der Waals surface area (Å²) in [6.45, 7) is 2.29. The standard InChI is InChI=1S/C9H7.C8H10P.2ClH.Ti/c1-2-5-9-7-3-6-8(9)4-1;1-2-9-6-7-4-3-5-8(7)9;;;/h1-7H;4H,2-3,6H2,1H3;2*1H;/q2*-1;;;+4/p-2. The molecular weight excluding hydrogens is 354 g/mol. The molecule has 1 aliphatic carbocycles. The molecule has 1 saturated heterocycles. The molecule has 21 heavy (non-hydrogen) atoms. The molecule has 0 bridgehead atoms. The third-order valence-electron chi connectivity index (χ3n) is 3.53. The second-order valence-corrected chi connectivity index (χ2v) is 7.10.